The second-order valence-electron chi connectivity index (χ2n) is 8.43. The van der Waals surface area contributed by atoms with E-state index in [1.165, 1.54) is 11.3 Å². The van der Waals surface area contributed by atoms with E-state index >= 15 is 0 Å². The Kier molecular flexibility index (Phi) is 7.57. The van der Waals surface area contributed by atoms with Crippen molar-refractivity contribution in [1.29, 1.82) is 0 Å². The molecule has 188 valence electrons. The fourth-order valence-electron chi connectivity index (χ4n) is 4.45. The molecule has 0 atom stereocenters. The number of benzene rings is 3. The third-order valence-corrected chi connectivity index (χ3v) is 7.83. The molecule has 2 heterocycles. The summed E-state index contributed by atoms with van der Waals surface area (Å²) < 4.78 is 17.7. The lowest BCUT2D eigenvalue weighted by molar-refractivity contribution is 0.0391. The first kappa shape index (κ1) is 24.8. The van der Waals surface area contributed by atoms with Gasteiger partial charge in [-0.1, -0.05) is 53.3 Å². The Labute approximate surface area is 219 Å². The number of anilines is 1. The molecule has 1 amide bonds. The van der Waals surface area contributed by atoms with Crippen molar-refractivity contribution in [3.63, 3.8) is 0 Å². The molecule has 0 aliphatic carbocycles. The quantitative estimate of drug-likeness (QED) is 0.303. The van der Waals surface area contributed by atoms with Gasteiger partial charge in [0, 0.05) is 26.2 Å². The van der Waals surface area contributed by atoms with Crippen LogP contribution in [0.5, 0.6) is 11.5 Å². The van der Waals surface area contributed by atoms with Crippen molar-refractivity contribution in [1.82, 2.24) is 9.88 Å². The van der Waals surface area contributed by atoms with Crippen LogP contribution in [0.15, 0.2) is 48.5 Å². The number of amides is 1. The molecule has 0 N–H and O–H groups in total. The monoisotopic (exact) mass is 525 g/mol. The number of halogens is 1. The molecule has 0 radical (unpaired) electrons. The zero-order chi connectivity index (χ0) is 25.1. The van der Waals surface area contributed by atoms with Gasteiger partial charge in [-0.2, -0.15) is 0 Å². The highest BCUT2D eigenvalue weighted by Gasteiger charge is 2.28. The number of carbonyl (C=O) groups is 1. The van der Waals surface area contributed by atoms with E-state index in [1.807, 2.05) is 43.3 Å². The summed E-state index contributed by atoms with van der Waals surface area (Å²) in [5.74, 6) is 1.03. The third kappa shape index (κ3) is 4.86. The number of methoxy groups -OCH3 is 1. The van der Waals surface area contributed by atoms with Crippen LogP contribution >= 0.6 is 22.9 Å². The average molecular weight is 526 g/mol. The molecule has 5 rings (SSSR count). The summed E-state index contributed by atoms with van der Waals surface area (Å²) in [4.78, 5) is 23.2. The molecular weight excluding hydrogens is 498 g/mol. The minimum Gasteiger partial charge on any atom is -0.494 e. The average Bonchev–Trinajstić information content (AvgIpc) is 3.36. The van der Waals surface area contributed by atoms with Gasteiger partial charge in [-0.3, -0.25) is 14.6 Å². The summed E-state index contributed by atoms with van der Waals surface area (Å²) in [7, 11) is 1.60. The van der Waals surface area contributed by atoms with E-state index in [2.05, 4.69) is 4.90 Å². The summed E-state index contributed by atoms with van der Waals surface area (Å²) in [6, 6.07) is 15.3. The molecule has 1 aliphatic heterocycles. The fraction of sp³-hybridized carbons (Fsp3) is 0.333. The number of ether oxygens (including phenoxy) is 3. The number of hydrogen-bond donors (Lipinski definition) is 0. The van der Waals surface area contributed by atoms with Crippen LogP contribution in [0.2, 0.25) is 5.02 Å². The lowest BCUT2D eigenvalue weighted by Gasteiger charge is -2.29. The zero-order valence-corrected chi connectivity index (χ0v) is 21.9. The van der Waals surface area contributed by atoms with Crippen molar-refractivity contribution >= 4 is 55.0 Å². The van der Waals surface area contributed by atoms with Gasteiger partial charge in [0.1, 0.15) is 17.0 Å². The maximum Gasteiger partial charge on any atom is 0.264 e. The lowest BCUT2D eigenvalue weighted by Crippen LogP contribution is -2.43. The van der Waals surface area contributed by atoms with Crippen LogP contribution in [-0.4, -0.2) is 68.9 Å². The van der Waals surface area contributed by atoms with Gasteiger partial charge in [0.05, 0.1) is 42.2 Å². The van der Waals surface area contributed by atoms with Crippen LogP contribution in [0, 0.1) is 0 Å². The van der Waals surface area contributed by atoms with Gasteiger partial charge in [0.15, 0.2) is 5.13 Å². The van der Waals surface area contributed by atoms with Gasteiger partial charge in [-0.25, -0.2) is 4.98 Å². The first-order chi connectivity index (χ1) is 17.6. The molecule has 4 aromatic rings. The number of rotatable bonds is 8. The Hall–Kier alpha value is -2.91. The standard InChI is InChI=1S/C27H28ClN3O4S/c1-3-35-21-10-8-18-6-4-5-7-19(18)23(21)26(32)31(13-12-30-14-16-34-17-15-30)27-29-24-22(33-2)11-9-20(28)25(24)36-27/h4-11H,3,12-17H2,1-2H3. The van der Waals surface area contributed by atoms with E-state index in [1.54, 1.807) is 24.1 Å². The molecule has 3 aromatic carbocycles. The van der Waals surface area contributed by atoms with E-state index in [0.717, 1.165) is 28.6 Å². The van der Waals surface area contributed by atoms with Crippen LogP contribution in [0.4, 0.5) is 5.13 Å². The summed E-state index contributed by atoms with van der Waals surface area (Å²) in [5.41, 5.74) is 1.19. The smallest absolute Gasteiger partial charge is 0.264 e. The Bertz CT molecular complexity index is 1390. The number of thiazole rings is 1. The first-order valence-corrected chi connectivity index (χ1v) is 13.2. The number of fused-ring (bicyclic) bond motifs is 2. The Morgan fingerprint density at radius 3 is 2.69 bits per heavy atom. The Morgan fingerprint density at radius 1 is 1.14 bits per heavy atom. The van der Waals surface area contributed by atoms with Crippen molar-refractivity contribution in [3.05, 3.63) is 59.1 Å². The van der Waals surface area contributed by atoms with Gasteiger partial charge in [-0.15, -0.1) is 0 Å². The number of nitrogens with zero attached hydrogens (tertiary/aromatic N) is 3. The molecule has 0 bridgehead atoms. The van der Waals surface area contributed by atoms with Gasteiger partial charge >= 0.3 is 0 Å². The SMILES string of the molecule is CCOc1ccc2ccccc2c1C(=O)N(CCN1CCOCC1)c1nc2c(OC)ccc(Cl)c2s1. The zero-order valence-electron chi connectivity index (χ0n) is 20.3. The largest absolute Gasteiger partial charge is 0.494 e. The molecule has 1 fully saturated rings. The van der Waals surface area contributed by atoms with Crippen LogP contribution in [0.1, 0.15) is 17.3 Å². The predicted octanol–water partition coefficient (Wildman–Crippen LogP) is 5.49. The van der Waals surface area contributed by atoms with E-state index < -0.39 is 0 Å². The summed E-state index contributed by atoms with van der Waals surface area (Å²) in [6.45, 7) is 6.60. The van der Waals surface area contributed by atoms with Gasteiger partial charge in [0.2, 0.25) is 0 Å². The maximum absolute atomic E-state index is 14.3. The summed E-state index contributed by atoms with van der Waals surface area (Å²) in [5, 5.41) is 2.98. The van der Waals surface area contributed by atoms with Crippen molar-refractivity contribution in [2.75, 3.05) is 58.0 Å². The van der Waals surface area contributed by atoms with Crippen molar-refractivity contribution in [2.24, 2.45) is 0 Å². The Balaban J connectivity index is 1.61. The van der Waals surface area contributed by atoms with Crippen molar-refractivity contribution < 1.29 is 19.0 Å². The van der Waals surface area contributed by atoms with E-state index in [-0.39, 0.29) is 5.91 Å². The molecule has 0 spiro atoms. The van der Waals surface area contributed by atoms with Crippen molar-refractivity contribution in [2.45, 2.75) is 6.92 Å². The number of aromatic nitrogens is 1. The van der Waals surface area contributed by atoms with Gasteiger partial charge in [-0.05, 0) is 35.9 Å². The molecule has 7 nitrogen and oxygen atoms in total. The Morgan fingerprint density at radius 2 is 1.92 bits per heavy atom. The highest BCUT2D eigenvalue weighted by atomic mass is 35.5. The van der Waals surface area contributed by atoms with Gasteiger partial charge in [0.25, 0.3) is 5.91 Å². The van der Waals surface area contributed by atoms with E-state index in [4.69, 9.17) is 30.8 Å². The highest BCUT2D eigenvalue weighted by Crippen LogP contribution is 2.40. The third-order valence-electron chi connectivity index (χ3n) is 6.29. The summed E-state index contributed by atoms with van der Waals surface area (Å²) in [6.07, 6.45) is 0. The lowest BCUT2D eigenvalue weighted by atomic mass is 10.0. The fourth-order valence-corrected chi connectivity index (χ4v) is 5.74. The molecule has 0 unspecified atom stereocenters. The number of morpholine rings is 1. The number of hydrogen-bond acceptors (Lipinski definition) is 7. The van der Waals surface area contributed by atoms with Crippen LogP contribution in [0.25, 0.3) is 21.0 Å². The molecule has 1 saturated heterocycles. The molecule has 1 aromatic heterocycles. The molecule has 9 heteroatoms. The van der Waals surface area contributed by atoms with Crippen LogP contribution in [0.3, 0.4) is 0 Å². The first-order valence-electron chi connectivity index (χ1n) is 12.0. The van der Waals surface area contributed by atoms with Crippen LogP contribution < -0.4 is 14.4 Å². The maximum atomic E-state index is 14.3. The minimum atomic E-state index is -0.155. The minimum absolute atomic E-state index is 0.155. The second-order valence-corrected chi connectivity index (χ2v) is 9.81. The van der Waals surface area contributed by atoms with E-state index in [9.17, 15) is 4.79 Å². The molecule has 0 saturated carbocycles. The predicted molar refractivity (Wildman–Crippen MR) is 145 cm³/mol. The van der Waals surface area contributed by atoms with Crippen LogP contribution in [-0.2, 0) is 4.74 Å². The molecule has 1 aliphatic rings. The second kappa shape index (κ2) is 11.0. The van der Waals surface area contributed by atoms with E-state index in [0.29, 0.717) is 65.6 Å². The highest BCUT2D eigenvalue weighted by molar-refractivity contribution is 7.23. The molecule has 36 heavy (non-hydrogen) atoms. The van der Waals surface area contributed by atoms with Gasteiger partial charge < -0.3 is 14.2 Å². The summed E-state index contributed by atoms with van der Waals surface area (Å²) >= 11 is 7.91. The topological polar surface area (TPSA) is 64.1 Å². The molecular formula is C27H28ClN3O4S. The van der Waals surface area contributed by atoms with Crippen molar-refractivity contribution in [3.8, 4) is 11.5 Å². The normalized spacial score (nSPS) is 14.3. The number of carbonyl (C=O) groups excluding carboxylic acids is 1.